The van der Waals surface area contributed by atoms with Gasteiger partial charge in [-0.2, -0.15) is 0 Å². The van der Waals surface area contributed by atoms with Gasteiger partial charge in [0.15, 0.2) is 11.5 Å². The summed E-state index contributed by atoms with van der Waals surface area (Å²) in [5, 5.41) is 58.3. The van der Waals surface area contributed by atoms with Crippen molar-refractivity contribution in [2.75, 3.05) is 0 Å². The molecule has 49 heavy (non-hydrogen) atoms. The molecule has 0 fully saturated rings. The van der Waals surface area contributed by atoms with Crippen LogP contribution in [-0.2, 0) is 0 Å². The predicted octanol–water partition coefficient (Wildman–Crippen LogP) is 10.9. The molecule has 6 heteroatoms. The standard InChI is InChI=1S/C43H30O6/c1-22-10-6-11-23-12-7-17-28(33(22)23)29-18-8-20-31-35-30(19-9-21-32(35)49-43(29)31)34-24-13-2-4-15-26(24)36(27-16-5-3-14-25(27)34)37-38(44)40(46)42(48)41(47)39(37)45/h2-9,11-22,44-48H,10H2,1H3. The molecule has 238 valence electrons. The summed E-state index contributed by atoms with van der Waals surface area (Å²) in [6, 6.07) is 34.1. The molecule has 0 spiro atoms. The summed E-state index contributed by atoms with van der Waals surface area (Å²) in [5.74, 6) is -3.93. The Balaban J connectivity index is 1.39. The molecule has 1 atom stereocenters. The molecular formula is C43H30O6. The summed E-state index contributed by atoms with van der Waals surface area (Å²) >= 11 is 0. The Hall–Kier alpha value is -6.40. The summed E-state index contributed by atoms with van der Waals surface area (Å²) in [7, 11) is 0. The van der Waals surface area contributed by atoms with E-state index in [1.807, 2.05) is 60.7 Å². The number of allylic oxidation sites excluding steroid dienone is 1. The van der Waals surface area contributed by atoms with Gasteiger partial charge in [0.05, 0.1) is 5.56 Å². The molecule has 0 aliphatic heterocycles. The largest absolute Gasteiger partial charge is 0.504 e. The van der Waals surface area contributed by atoms with Gasteiger partial charge in [0, 0.05) is 21.9 Å². The third kappa shape index (κ3) is 4.01. The molecule has 6 nitrogen and oxygen atoms in total. The van der Waals surface area contributed by atoms with E-state index in [9.17, 15) is 25.5 Å². The third-order valence-electron chi connectivity index (χ3n) is 10.1. The first-order valence-electron chi connectivity index (χ1n) is 16.2. The molecule has 9 rings (SSSR count). The number of rotatable bonds is 3. The highest BCUT2D eigenvalue weighted by atomic mass is 16.4. The van der Waals surface area contributed by atoms with Crippen LogP contribution in [0.2, 0.25) is 0 Å². The highest BCUT2D eigenvalue weighted by molar-refractivity contribution is 6.27. The second-order valence-corrected chi connectivity index (χ2v) is 12.8. The number of hydrogen-bond acceptors (Lipinski definition) is 6. The Morgan fingerprint density at radius 3 is 1.71 bits per heavy atom. The quantitative estimate of drug-likeness (QED) is 0.0744. The van der Waals surface area contributed by atoms with Crippen molar-refractivity contribution < 1.29 is 29.9 Å². The first-order valence-corrected chi connectivity index (χ1v) is 16.2. The number of phenolic OH excluding ortho intramolecular Hbond substituents is 5. The molecule has 7 aromatic carbocycles. The van der Waals surface area contributed by atoms with E-state index < -0.39 is 28.7 Å². The molecule has 1 heterocycles. The van der Waals surface area contributed by atoms with Crippen molar-refractivity contribution in [1.29, 1.82) is 0 Å². The molecule has 5 N–H and O–H groups in total. The van der Waals surface area contributed by atoms with Gasteiger partial charge < -0.3 is 29.9 Å². The lowest BCUT2D eigenvalue weighted by atomic mass is 9.82. The zero-order valence-electron chi connectivity index (χ0n) is 26.4. The number of fused-ring (bicyclic) bond motifs is 6. The highest BCUT2D eigenvalue weighted by Crippen LogP contribution is 2.58. The summed E-state index contributed by atoms with van der Waals surface area (Å²) in [5.41, 5.74) is 8.42. The minimum absolute atomic E-state index is 0.182. The fourth-order valence-electron chi connectivity index (χ4n) is 7.91. The normalized spacial score (nSPS) is 14.3. The van der Waals surface area contributed by atoms with Gasteiger partial charge in [-0.05, 0) is 67.8 Å². The fraction of sp³-hybridized carbons (Fsp3) is 0.0698. The molecule has 1 aliphatic carbocycles. The number of furan rings is 1. The maximum Gasteiger partial charge on any atom is 0.208 e. The van der Waals surface area contributed by atoms with Gasteiger partial charge in [-0.1, -0.05) is 116 Å². The molecular weight excluding hydrogens is 612 g/mol. The first-order chi connectivity index (χ1) is 23.8. The molecule has 0 saturated heterocycles. The maximum absolute atomic E-state index is 11.1. The molecule has 8 aromatic rings. The van der Waals surface area contributed by atoms with Gasteiger partial charge >= 0.3 is 0 Å². The van der Waals surface area contributed by atoms with Crippen LogP contribution in [0.5, 0.6) is 28.7 Å². The topological polar surface area (TPSA) is 114 Å². The molecule has 0 radical (unpaired) electrons. The molecule has 1 aromatic heterocycles. The lowest BCUT2D eigenvalue weighted by Gasteiger charge is -2.22. The second-order valence-electron chi connectivity index (χ2n) is 12.8. The fourth-order valence-corrected chi connectivity index (χ4v) is 7.91. The highest BCUT2D eigenvalue weighted by Gasteiger charge is 2.29. The minimum Gasteiger partial charge on any atom is -0.504 e. The van der Waals surface area contributed by atoms with Crippen LogP contribution in [0, 0.1) is 0 Å². The molecule has 0 saturated carbocycles. The van der Waals surface area contributed by atoms with Crippen LogP contribution in [0.15, 0.2) is 114 Å². The van der Waals surface area contributed by atoms with E-state index in [4.69, 9.17) is 4.42 Å². The van der Waals surface area contributed by atoms with Crippen LogP contribution < -0.4 is 0 Å². The average molecular weight is 643 g/mol. The monoisotopic (exact) mass is 642 g/mol. The van der Waals surface area contributed by atoms with E-state index >= 15 is 0 Å². The van der Waals surface area contributed by atoms with Gasteiger partial charge in [0.1, 0.15) is 11.2 Å². The first kappa shape index (κ1) is 28.8. The molecule has 1 aliphatic rings. The van der Waals surface area contributed by atoms with Gasteiger partial charge in [0.25, 0.3) is 0 Å². The lowest BCUT2D eigenvalue weighted by Crippen LogP contribution is -2.02. The summed E-state index contributed by atoms with van der Waals surface area (Å²) < 4.78 is 6.75. The van der Waals surface area contributed by atoms with Crippen LogP contribution in [-0.4, -0.2) is 25.5 Å². The zero-order chi connectivity index (χ0) is 33.6. The Morgan fingerprint density at radius 1 is 0.510 bits per heavy atom. The van der Waals surface area contributed by atoms with E-state index in [0.29, 0.717) is 22.3 Å². The van der Waals surface area contributed by atoms with Crippen molar-refractivity contribution in [1.82, 2.24) is 0 Å². The summed E-state index contributed by atoms with van der Waals surface area (Å²) in [4.78, 5) is 0. The van der Waals surface area contributed by atoms with Gasteiger partial charge in [0.2, 0.25) is 17.2 Å². The third-order valence-corrected chi connectivity index (χ3v) is 10.1. The molecule has 0 bridgehead atoms. The Kier molecular flexibility index (Phi) is 6.20. The van der Waals surface area contributed by atoms with Crippen molar-refractivity contribution >= 4 is 49.6 Å². The van der Waals surface area contributed by atoms with Gasteiger partial charge in [-0.3, -0.25) is 0 Å². The average Bonchev–Trinajstić information content (AvgIpc) is 3.52. The van der Waals surface area contributed by atoms with Crippen molar-refractivity contribution in [2.45, 2.75) is 19.3 Å². The van der Waals surface area contributed by atoms with Crippen molar-refractivity contribution in [2.24, 2.45) is 0 Å². The number of phenols is 5. The molecule has 0 amide bonds. The van der Waals surface area contributed by atoms with Crippen LogP contribution in [0.25, 0.3) is 82.9 Å². The molecule has 1 unspecified atom stereocenters. The van der Waals surface area contributed by atoms with Crippen molar-refractivity contribution in [3.63, 3.8) is 0 Å². The SMILES string of the molecule is CC1CC=Cc2cccc(-c3cccc4c3oc3cccc(-c5c6ccccc6c(-c6c(O)c(O)c(O)c(O)c6O)c6ccccc56)c34)c21. The number of para-hydroxylation sites is 1. The van der Waals surface area contributed by atoms with Gasteiger partial charge in [-0.25, -0.2) is 0 Å². The minimum atomic E-state index is -0.996. The lowest BCUT2D eigenvalue weighted by molar-refractivity contribution is 0.330. The van der Waals surface area contributed by atoms with E-state index in [1.165, 1.54) is 16.7 Å². The predicted molar refractivity (Wildman–Crippen MR) is 195 cm³/mol. The van der Waals surface area contributed by atoms with Crippen LogP contribution in [0.1, 0.15) is 30.4 Å². The summed E-state index contributed by atoms with van der Waals surface area (Å²) in [6.45, 7) is 2.27. The number of hydrogen-bond donors (Lipinski definition) is 5. The Morgan fingerprint density at radius 2 is 1.04 bits per heavy atom. The van der Waals surface area contributed by atoms with E-state index in [2.05, 4.69) is 61.5 Å². The van der Waals surface area contributed by atoms with Crippen molar-refractivity contribution in [3.8, 4) is 62.1 Å². The smallest absolute Gasteiger partial charge is 0.208 e. The van der Waals surface area contributed by atoms with Crippen LogP contribution in [0.4, 0.5) is 0 Å². The van der Waals surface area contributed by atoms with E-state index in [0.717, 1.165) is 55.8 Å². The second kappa shape index (κ2) is 10.6. The number of benzene rings is 7. The Labute approximate surface area is 280 Å². The van der Waals surface area contributed by atoms with Crippen LogP contribution >= 0.6 is 0 Å². The van der Waals surface area contributed by atoms with Crippen molar-refractivity contribution in [3.05, 3.63) is 120 Å². The van der Waals surface area contributed by atoms with Crippen LogP contribution in [0.3, 0.4) is 0 Å². The number of aromatic hydroxyl groups is 5. The maximum atomic E-state index is 11.1. The van der Waals surface area contributed by atoms with Gasteiger partial charge in [-0.15, -0.1) is 0 Å². The summed E-state index contributed by atoms with van der Waals surface area (Å²) in [6.07, 6.45) is 5.43. The van der Waals surface area contributed by atoms with E-state index in [-0.39, 0.29) is 5.56 Å². The Bertz CT molecular complexity index is 2630. The zero-order valence-corrected chi connectivity index (χ0v) is 26.4. The van der Waals surface area contributed by atoms with E-state index in [1.54, 1.807) is 0 Å².